The third kappa shape index (κ3) is 2.70. The fraction of sp³-hybridized carbons (Fsp3) is 0.333. The molecular formula is C9H12ClN3. The number of aliphatic imine (C=N–C) groups is 1. The molecule has 1 rings (SSSR count). The van der Waals surface area contributed by atoms with Crippen molar-refractivity contribution in [2.75, 3.05) is 6.54 Å². The van der Waals surface area contributed by atoms with E-state index in [1.165, 1.54) is 0 Å². The third-order valence-corrected chi connectivity index (χ3v) is 1.86. The molecule has 0 aromatic carbocycles. The van der Waals surface area contributed by atoms with E-state index in [1.807, 2.05) is 6.92 Å². The van der Waals surface area contributed by atoms with Crippen LogP contribution in [0.15, 0.2) is 23.5 Å². The lowest BCUT2D eigenvalue weighted by Gasteiger charge is -2.01. The number of pyridine rings is 1. The maximum absolute atomic E-state index is 5.87. The summed E-state index contributed by atoms with van der Waals surface area (Å²) in [5, 5.41) is 0.542. The van der Waals surface area contributed by atoms with E-state index >= 15 is 0 Å². The average molecular weight is 198 g/mol. The number of hydrogen-bond acceptors (Lipinski definition) is 2. The summed E-state index contributed by atoms with van der Waals surface area (Å²) in [6, 6.07) is 1.76. The zero-order chi connectivity index (χ0) is 9.68. The molecule has 2 N–H and O–H groups in total. The molecule has 1 aromatic heterocycles. The maximum Gasteiger partial charge on any atom is 0.127 e. The minimum atomic E-state index is 0.481. The second-order valence-corrected chi connectivity index (χ2v) is 3.03. The van der Waals surface area contributed by atoms with Gasteiger partial charge >= 0.3 is 0 Å². The van der Waals surface area contributed by atoms with Gasteiger partial charge in [-0.25, -0.2) is 0 Å². The number of nitrogens with two attached hydrogens (primary N) is 1. The summed E-state index contributed by atoms with van der Waals surface area (Å²) in [6.45, 7) is 2.77. The highest BCUT2D eigenvalue weighted by atomic mass is 35.5. The Labute approximate surface area is 82.6 Å². The predicted molar refractivity (Wildman–Crippen MR) is 55.1 cm³/mol. The van der Waals surface area contributed by atoms with Crippen LogP contribution in [0.2, 0.25) is 5.02 Å². The minimum absolute atomic E-state index is 0.481. The minimum Gasteiger partial charge on any atom is -0.383 e. The fourth-order valence-electron chi connectivity index (χ4n) is 0.900. The first-order chi connectivity index (χ1) is 6.25. The van der Waals surface area contributed by atoms with Crippen LogP contribution in [0.4, 0.5) is 0 Å². The lowest BCUT2D eigenvalue weighted by atomic mass is 10.2. The molecule has 0 atom stereocenters. The van der Waals surface area contributed by atoms with Gasteiger partial charge in [0.05, 0.1) is 5.02 Å². The first-order valence-electron chi connectivity index (χ1n) is 4.15. The molecule has 1 aromatic rings. The number of halogens is 1. The van der Waals surface area contributed by atoms with E-state index in [-0.39, 0.29) is 0 Å². The van der Waals surface area contributed by atoms with Crippen molar-refractivity contribution in [1.82, 2.24) is 4.98 Å². The van der Waals surface area contributed by atoms with Crippen LogP contribution < -0.4 is 5.73 Å². The average Bonchev–Trinajstić information content (AvgIpc) is 2.15. The Morgan fingerprint density at radius 1 is 1.69 bits per heavy atom. The van der Waals surface area contributed by atoms with Gasteiger partial charge in [0.15, 0.2) is 0 Å². The molecule has 0 aliphatic carbocycles. The lowest BCUT2D eigenvalue weighted by Crippen LogP contribution is -2.14. The molecular weight excluding hydrogens is 186 g/mol. The molecule has 0 aliphatic heterocycles. The van der Waals surface area contributed by atoms with Crippen molar-refractivity contribution in [1.29, 1.82) is 0 Å². The van der Waals surface area contributed by atoms with Gasteiger partial charge in [0, 0.05) is 24.5 Å². The molecule has 0 saturated carbocycles. The molecule has 3 nitrogen and oxygen atoms in total. The predicted octanol–water partition coefficient (Wildman–Crippen LogP) is 1.85. The van der Waals surface area contributed by atoms with Gasteiger partial charge in [0.1, 0.15) is 5.84 Å². The van der Waals surface area contributed by atoms with Gasteiger partial charge < -0.3 is 5.73 Å². The van der Waals surface area contributed by atoms with Crippen molar-refractivity contribution in [3.63, 3.8) is 0 Å². The monoisotopic (exact) mass is 197 g/mol. The first kappa shape index (κ1) is 9.99. The first-order valence-corrected chi connectivity index (χ1v) is 4.53. The van der Waals surface area contributed by atoms with Crippen molar-refractivity contribution in [3.05, 3.63) is 29.0 Å². The zero-order valence-electron chi connectivity index (χ0n) is 7.50. The van der Waals surface area contributed by atoms with Crippen LogP contribution in [0.5, 0.6) is 0 Å². The van der Waals surface area contributed by atoms with Crippen molar-refractivity contribution >= 4 is 17.4 Å². The zero-order valence-corrected chi connectivity index (χ0v) is 8.25. The van der Waals surface area contributed by atoms with Crippen molar-refractivity contribution < 1.29 is 0 Å². The van der Waals surface area contributed by atoms with Gasteiger partial charge in [0.2, 0.25) is 0 Å². The normalized spacial score (nSPS) is 11.7. The maximum atomic E-state index is 5.87. The lowest BCUT2D eigenvalue weighted by molar-refractivity contribution is 0.930. The third-order valence-electron chi connectivity index (χ3n) is 1.55. The van der Waals surface area contributed by atoms with E-state index in [0.29, 0.717) is 10.9 Å². The fourth-order valence-corrected chi connectivity index (χ4v) is 1.12. The Morgan fingerprint density at radius 3 is 3.08 bits per heavy atom. The summed E-state index contributed by atoms with van der Waals surface area (Å²) >= 11 is 5.87. The highest BCUT2D eigenvalue weighted by molar-refractivity contribution is 6.33. The number of rotatable bonds is 3. The standard InChI is InChI=1S/C9H12ClN3/c1-2-4-13-9(11)7-3-5-12-6-8(7)10/h3,5-6H,2,4H2,1H3,(H2,11,13). The topological polar surface area (TPSA) is 51.3 Å². The molecule has 0 radical (unpaired) electrons. The van der Waals surface area contributed by atoms with Gasteiger partial charge in [-0.15, -0.1) is 0 Å². The van der Waals surface area contributed by atoms with Crippen LogP contribution in [0.1, 0.15) is 18.9 Å². The number of nitrogens with zero attached hydrogens (tertiary/aromatic N) is 2. The second kappa shape index (κ2) is 4.82. The summed E-state index contributed by atoms with van der Waals surface area (Å²) in [6.07, 6.45) is 4.18. The quantitative estimate of drug-likeness (QED) is 0.594. The summed E-state index contributed by atoms with van der Waals surface area (Å²) in [5.74, 6) is 0.481. The molecule has 0 amide bonds. The van der Waals surface area contributed by atoms with E-state index in [9.17, 15) is 0 Å². The SMILES string of the molecule is CCCN=C(N)c1ccncc1Cl. The molecule has 13 heavy (non-hydrogen) atoms. The van der Waals surface area contributed by atoms with E-state index in [4.69, 9.17) is 17.3 Å². The van der Waals surface area contributed by atoms with E-state index in [2.05, 4.69) is 9.98 Å². The van der Waals surface area contributed by atoms with Crippen molar-refractivity contribution in [2.24, 2.45) is 10.7 Å². The molecule has 70 valence electrons. The molecule has 0 bridgehead atoms. The van der Waals surface area contributed by atoms with Gasteiger partial charge in [0.25, 0.3) is 0 Å². The molecule has 0 saturated heterocycles. The Morgan fingerprint density at radius 2 is 2.46 bits per heavy atom. The van der Waals surface area contributed by atoms with Crippen LogP contribution in [0.3, 0.4) is 0 Å². The van der Waals surface area contributed by atoms with Crippen LogP contribution in [0, 0.1) is 0 Å². The number of amidine groups is 1. The number of hydrogen-bond donors (Lipinski definition) is 1. The van der Waals surface area contributed by atoms with Gasteiger partial charge in [-0.1, -0.05) is 18.5 Å². The van der Waals surface area contributed by atoms with E-state index in [1.54, 1.807) is 18.5 Å². The smallest absolute Gasteiger partial charge is 0.127 e. The molecule has 0 unspecified atom stereocenters. The Bertz CT molecular complexity index is 309. The highest BCUT2D eigenvalue weighted by Gasteiger charge is 2.02. The Balaban J connectivity index is 2.88. The van der Waals surface area contributed by atoms with Gasteiger partial charge in [-0.3, -0.25) is 9.98 Å². The van der Waals surface area contributed by atoms with Gasteiger partial charge in [-0.05, 0) is 12.5 Å². The summed E-state index contributed by atoms with van der Waals surface area (Å²) in [5.41, 5.74) is 6.47. The molecule has 1 heterocycles. The van der Waals surface area contributed by atoms with Crippen LogP contribution >= 0.6 is 11.6 Å². The van der Waals surface area contributed by atoms with E-state index in [0.717, 1.165) is 18.5 Å². The molecule has 0 spiro atoms. The summed E-state index contributed by atoms with van der Waals surface area (Å²) in [4.78, 5) is 8.02. The summed E-state index contributed by atoms with van der Waals surface area (Å²) in [7, 11) is 0. The van der Waals surface area contributed by atoms with Crippen molar-refractivity contribution in [2.45, 2.75) is 13.3 Å². The van der Waals surface area contributed by atoms with Crippen LogP contribution in [-0.4, -0.2) is 17.4 Å². The van der Waals surface area contributed by atoms with Crippen molar-refractivity contribution in [3.8, 4) is 0 Å². The van der Waals surface area contributed by atoms with Gasteiger partial charge in [-0.2, -0.15) is 0 Å². The summed E-state index contributed by atoms with van der Waals surface area (Å²) < 4.78 is 0. The molecule has 0 fully saturated rings. The highest BCUT2D eigenvalue weighted by Crippen LogP contribution is 2.12. The molecule has 0 aliphatic rings. The second-order valence-electron chi connectivity index (χ2n) is 2.62. The Hall–Kier alpha value is -1.09. The van der Waals surface area contributed by atoms with E-state index < -0.39 is 0 Å². The van der Waals surface area contributed by atoms with Crippen LogP contribution in [0.25, 0.3) is 0 Å². The Kier molecular flexibility index (Phi) is 3.71. The largest absolute Gasteiger partial charge is 0.383 e. The van der Waals surface area contributed by atoms with Crippen LogP contribution in [-0.2, 0) is 0 Å². The molecule has 4 heteroatoms. The number of aromatic nitrogens is 1.